The quantitative estimate of drug-likeness (QED) is 0.571. The number of sulfonamides is 1. The lowest BCUT2D eigenvalue weighted by molar-refractivity contribution is -0.118. The summed E-state index contributed by atoms with van der Waals surface area (Å²) in [5.74, 6) is 0.358. The van der Waals surface area contributed by atoms with E-state index >= 15 is 0 Å². The van der Waals surface area contributed by atoms with E-state index in [-0.39, 0.29) is 23.3 Å². The number of carbonyl (C=O) groups excluding carboxylic acids is 1. The van der Waals surface area contributed by atoms with Crippen LogP contribution < -0.4 is 14.8 Å². The number of nitrogens with zero attached hydrogens (tertiary/aromatic N) is 1. The van der Waals surface area contributed by atoms with Crippen LogP contribution in [0.4, 0.5) is 10.1 Å². The summed E-state index contributed by atoms with van der Waals surface area (Å²) in [6.07, 6.45) is 1.29. The lowest BCUT2D eigenvalue weighted by atomic mass is 9.94. The third-order valence-electron chi connectivity index (χ3n) is 6.27. The maximum atomic E-state index is 14.7. The Labute approximate surface area is 197 Å². The van der Waals surface area contributed by atoms with E-state index in [0.29, 0.717) is 35.5 Å². The van der Waals surface area contributed by atoms with E-state index in [2.05, 4.69) is 5.32 Å². The lowest BCUT2D eigenvalue weighted by Gasteiger charge is -2.17. The van der Waals surface area contributed by atoms with Crippen LogP contribution in [0.5, 0.6) is 11.5 Å². The van der Waals surface area contributed by atoms with Gasteiger partial charge >= 0.3 is 0 Å². The number of hydrogen-bond acceptors (Lipinski definition) is 5. The predicted octanol–water partition coefficient (Wildman–Crippen LogP) is 4.14. The predicted molar refractivity (Wildman–Crippen MR) is 125 cm³/mol. The van der Waals surface area contributed by atoms with Crippen molar-refractivity contribution < 1.29 is 27.1 Å². The van der Waals surface area contributed by atoms with Crippen molar-refractivity contribution in [2.75, 3.05) is 26.2 Å². The maximum Gasteiger partial charge on any atom is 0.242 e. The monoisotopic (exact) mass is 482 g/mol. The fourth-order valence-electron chi connectivity index (χ4n) is 4.06. The number of anilines is 1. The summed E-state index contributed by atoms with van der Waals surface area (Å²) in [7, 11) is -0.701. The minimum absolute atomic E-state index is 0.0374. The first-order valence-corrected chi connectivity index (χ1v) is 12.2. The highest BCUT2D eigenvalue weighted by atomic mass is 32.2. The van der Waals surface area contributed by atoms with Gasteiger partial charge in [-0.3, -0.25) is 4.79 Å². The molecule has 0 saturated heterocycles. The smallest absolute Gasteiger partial charge is 0.242 e. The molecule has 176 valence electrons. The molecule has 0 radical (unpaired) electrons. The molecule has 3 aromatic rings. The highest BCUT2D eigenvalue weighted by Gasteiger charge is 2.51. The number of nitrogens with one attached hydrogen (secondary N) is 1. The number of rotatable bonds is 6. The van der Waals surface area contributed by atoms with Crippen molar-refractivity contribution in [3.8, 4) is 22.6 Å². The number of carbonyl (C=O) groups is 1. The molecule has 9 heteroatoms. The average molecular weight is 483 g/mol. The second-order valence-corrected chi connectivity index (χ2v) is 10.8. The first-order valence-electron chi connectivity index (χ1n) is 10.7. The van der Waals surface area contributed by atoms with Gasteiger partial charge < -0.3 is 14.8 Å². The Morgan fingerprint density at radius 3 is 2.44 bits per heavy atom. The number of halogens is 1. The minimum Gasteiger partial charge on any atom is -0.454 e. The number of amides is 1. The van der Waals surface area contributed by atoms with Crippen LogP contribution in [0.25, 0.3) is 11.1 Å². The number of ether oxygens (including phenoxy) is 2. The molecule has 1 heterocycles. The molecule has 2 aliphatic rings. The number of hydrogen-bond donors (Lipinski definition) is 1. The van der Waals surface area contributed by atoms with Gasteiger partial charge in [-0.25, -0.2) is 17.1 Å². The van der Waals surface area contributed by atoms with Gasteiger partial charge in [0.25, 0.3) is 0 Å². The molecular weight excluding hydrogens is 459 g/mol. The summed E-state index contributed by atoms with van der Waals surface area (Å²) in [5, 5.41) is 2.74. The summed E-state index contributed by atoms with van der Waals surface area (Å²) in [6, 6.07) is 16.2. The van der Waals surface area contributed by atoms with Crippen LogP contribution in [-0.2, 0) is 20.2 Å². The molecule has 1 aliphatic carbocycles. The second-order valence-electron chi connectivity index (χ2n) is 8.61. The third kappa shape index (κ3) is 3.80. The normalized spacial score (nSPS) is 15.9. The zero-order valence-electron chi connectivity index (χ0n) is 18.7. The van der Waals surface area contributed by atoms with Gasteiger partial charge in [-0.15, -0.1) is 0 Å². The van der Waals surface area contributed by atoms with Crippen LogP contribution in [0, 0.1) is 5.82 Å². The Balaban J connectivity index is 1.43. The molecule has 1 saturated carbocycles. The fourth-order valence-corrected chi connectivity index (χ4v) is 5.00. The number of benzene rings is 3. The molecule has 0 aromatic heterocycles. The molecule has 0 unspecified atom stereocenters. The van der Waals surface area contributed by atoms with Crippen LogP contribution >= 0.6 is 0 Å². The van der Waals surface area contributed by atoms with Gasteiger partial charge in [-0.2, -0.15) is 0 Å². The van der Waals surface area contributed by atoms with E-state index in [4.69, 9.17) is 9.47 Å². The molecule has 1 N–H and O–H groups in total. The van der Waals surface area contributed by atoms with E-state index in [0.717, 1.165) is 9.87 Å². The van der Waals surface area contributed by atoms with Crippen LogP contribution in [0.15, 0.2) is 65.6 Å². The molecule has 0 spiro atoms. The number of fused-ring (bicyclic) bond motifs is 1. The van der Waals surface area contributed by atoms with Crippen molar-refractivity contribution in [2.45, 2.75) is 23.2 Å². The molecule has 0 bridgehead atoms. The molecule has 7 nitrogen and oxygen atoms in total. The van der Waals surface area contributed by atoms with Gasteiger partial charge in [0.2, 0.25) is 22.7 Å². The van der Waals surface area contributed by atoms with Gasteiger partial charge in [-0.05, 0) is 65.9 Å². The summed E-state index contributed by atoms with van der Waals surface area (Å²) in [6.45, 7) is 0.146. The molecule has 1 fully saturated rings. The van der Waals surface area contributed by atoms with Gasteiger partial charge in [0.1, 0.15) is 5.82 Å². The van der Waals surface area contributed by atoms with E-state index < -0.39 is 21.3 Å². The topological polar surface area (TPSA) is 84.9 Å². The molecule has 1 amide bonds. The first-order chi connectivity index (χ1) is 16.2. The van der Waals surface area contributed by atoms with Crippen molar-refractivity contribution in [1.29, 1.82) is 0 Å². The fraction of sp³-hybridized carbons (Fsp3) is 0.240. The SMILES string of the molecule is CN(C)S(=O)(=O)c1cccc(-c2ccc(F)c(NC(=O)C3(c4ccc5c(c4)OCO5)CC3)c2)c1. The van der Waals surface area contributed by atoms with Crippen molar-refractivity contribution in [2.24, 2.45) is 0 Å². The maximum absolute atomic E-state index is 14.7. The summed E-state index contributed by atoms with van der Waals surface area (Å²) in [4.78, 5) is 13.4. The zero-order chi connectivity index (χ0) is 24.1. The van der Waals surface area contributed by atoms with Crippen molar-refractivity contribution in [3.05, 3.63) is 72.0 Å². The molecule has 1 aliphatic heterocycles. The second kappa shape index (κ2) is 8.11. The molecule has 34 heavy (non-hydrogen) atoms. The van der Waals surface area contributed by atoms with Gasteiger partial charge in [0.05, 0.1) is 16.0 Å². The highest BCUT2D eigenvalue weighted by Crippen LogP contribution is 2.51. The van der Waals surface area contributed by atoms with Gasteiger partial charge in [-0.1, -0.05) is 24.3 Å². The van der Waals surface area contributed by atoms with Crippen molar-refractivity contribution in [1.82, 2.24) is 4.31 Å². The van der Waals surface area contributed by atoms with E-state index in [1.54, 1.807) is 30.3 Å². The standard InChI is InChI=1S/C25H23FN2O5S/c1-28(2)34(30,31)19-5-3-4-16(12-19)17-6-8-20(26)21(13-17)27-24(29)25(10-11-25)18-7-9-22-23(14-18)33-15-32-22/h3-9,12-14H,10-11,15H2,1-2H3,(H,27,29). The Hall–Kier alpha value is -3.43. The summed E-state index contributed by atoms with van der Waals surface area (Å²) < 4.78 is 51.6. The average Bonchev–Trinajstić information content (AvgIpc) is 3.51. The van der Waals surface area contributed by atoms with Gasteiger partial charge in [0, 0.05) is 14.1 Å². The van der Waals surface area contributed by atoms with Crippen molar-refractivity contribution >= 4 is 21.6 Å². The molecule has 5 rings (SSSR count). The van der Waals surface area contributed by atoms with Crippen LogP contribution in [0.2, 0.25) is 0 Å². The third-order valence-corrected chi connectivity index (χ3v) is 8.08. The van der Waals surface area contributed by atoms with Crippen molar-refractivity contribution in [3.63, 3.8) is 0 Å². The Morgan fingerprint density at radius 2 is 1.71 bits per heavy atom. The molecular formula is C25H23FN2O5S. The summed E-state index contributed by atoms with van der Waals surface area (Å²) in [5.41, 5.74) is 1.27. The van der Waals surface area contributed by atoms with E-state index in [1.807, 2.05) is 6.07 Å². The molecule has 0 atom stereocenters. The Bertz CT molecular complexity index is 1400. The minimum atomic E-state index is -3.62. The lowest BCUT2D eigenvalue weighted by Crippen LogP contribution is -2.28. The van der Waals surface area contributed by atoms with E-state index in [1.165, 1.54) is 38.4 Å². The first kappa shape index (κ1) is 22.4. The van der Waals surface area contributed by atoms with E-state index in [9.17, 15) is 17.6 Å². The Kier molecular flexibility index (Phi) is 5.33. The Morgan fingerprint density at radius 1 is 0.971 bits per heavy atom. The van der Waals surface area contributed by atoms with Crippen LogP contribution in [0.1, 0.15) is 18.4 Å². The summed E-state index contributed by atoms with van der Waals surface area (Å²) >= 11 is 0. The largest absolute Gasteiger partial charge is 0.454 e. The van der Waals surface area contributed by atoms with Gasteiger partial charge in [0.15, 0.2) is 11.5 Å². The highest BCUT2D eigenvalue weighted by molar-refractivity contribution is 7.89. The zero-order valence-corrected chi connectivity index (χ0v) is 19.5. The molecule has 3 aromatic carbocycles. The van der Waals surface area contributed by atoms with Crippen LogP contribution in [0.3, 0.4) is 0 Å². The van der Waals surface area contributed by atoms with Crippen LogP contribution in [-0.4, -0.2) is 39.5 Å².